The van der Waals surface area contributed by atoms with Crippen LogP contribution in [0.2, 0.25) is 0 Å². The van der Waals surface area contributed by atoms with Gasteiger partial charge in [0.25, 0.3) is 0 Å². The van der Waals surface area contributed by atoms with Gasteiger partial charge in [-0.15, -0.1) is 0 Å². The average molecular weight is 242 g/mol. The van der Waals surface area contributed by atoms with E-state index in [1.165, 1.54) is 4.68 Å². The third-order valence-corrected chi connectivity index (χ3v) is 2.18. The minimum absolute atomic E-state index is 0.140. The molecule has 1 heterocycles. The van der Waals surface area contributed by atoms with E-state index in [0.717, 1.165) is 0 Å². The molecule has 7 nitrogen and oxygen atoms in total. The molecular formula is C10H18N4O3. The normalized spacial score (nSPS) is 12.4. The molecule has 0 aromatic carbocycles. The van der Waals surface area contributed by atoms with Crippen LogP contribution in [-0.2, 0) is 20.8 Å². The van der Waals surface area contributed by atoms with Crippen LogP contribution in [0.25, 0.3) is 0 Å². The van der Waals surface area contributed by atoms with Crippen LogP contribution in [0.4, 0.5) is 5.82 Å². The number of carbonyl (C=O) groups excluding carboxylic acids is 1. The quantitative estimate of drug-likeness (QED) is 0.656. The van der Waals surface area contributed by atoms with Crippen LogP contribution in [0.3, 0.4) is 0 Å². The SMILES string of the molecule is COCC(CNC(=O)Cn1ccc(N)n1)OC. The van der Waals surface area contributed by atoms with Gasteiger partial charge in [-0.3, -0.25) is 9.48 Å². The number of ether oxygens (including phenoxy) is 2. The van der Waals surface area contributed by atoms with Crippen molar-refractivity contribution >= 4 is 11.7 Å². The number of anilines is 1. The lowest BCUT2D eigenvalue weighted by atomic mass is 10.3. The van der Waals surface area contributed by atoms with Crippen molar-refractivity contribution in [3.63, 3.8) is 0 Å². The van der Waals surface area contributed by atoms with Crippen molar-refractivity contribution < 1.29 is 14.3 Å². The lowest BCUT2D eigenvalue weighted by molar-refractivity contribution is -0.122. The van der Waals surface area contributed by atoms with Crippen LogP contribution in [0.1, 0.15) is 0 Å². The molecule has 0 aliphatic heterocycles. The zero-order chi connectivity index (χ0) is 12.7. The Morgan fingerprint density at radius 2 is 2.41 bits per heavy atom. The number of hydrogen-bond acceptors (Lipinski definition) is 5. The first kappa shape index (κ1) is 13.5. The van der Waals surface area contributed by atoms with Gasteiger partial charge in [0.05, 0.1) is 12.7 Å². The number of methoxy groups -OCH3 is 2. The number of rotatable bonds is 7. The highest BCUT2D eigenvalue weighted by molar-refractivity contribution is 5.75. The van der Waals surface area contributed by atoms with Gasteiger partial charge in [0, 0.05) is 27.0 Å². The van der Waals surface area contributed by atoms with E-state index in [9.17, 15) is 4.79 Å². The summed E-state index contributed by atoms with van der Waals surface area (Å²) in [7, 11) is 3.16. The summed E-state index contributed by atoms with van der Waals surface area (Å²) in [6.45, 7) is 0.978. The van der Waals surface area contributed by atoms with E-state index in [0.29, 0.717) is 19.0 Å². The van der Waals surface area contributed by atoms with Gasteiger partial charge < -0.3 is 20.5 Å². The predicted molar refractivity (Wildman–Crippen MR) is 62.3 cm³/mol. The van der Waals surface area contributed by atoms with Gasteiger partial charge in [-0.05, 0) is 6.07 Å². The van der Waals surface area contributed by atoms with E-state index in [-0.39, 0.29) is 18.6 Å². The molecule has 0 radical (unpaired) electrons. The number of nitrogens with two attached hydrogens (primary N) is 1. The maximum absolute atomic E-state index is 11.5. The smallest absolute Gasteiger partial charge is 0.241 e. The van der Waals surface area contributed by atoms with E-state index in [2.05, 4.69) is 10.4 Å². The largest absolute Gasteiger partial charge is 0.382 e. The first-order chi connectivity index (χ1) is 8.15. The summed E-state index contributed by atoms with van der Waals surface area (Å²) in [6.07, 6.45) is 1.50. The van der Waals surface area contributed by atoms with Gasteiger partial charge >= 0.3 is 0 Å². The fraction of sp³-hybridized carbons (Fsp3) is 0.600. The Morgan fingerprint density at radius 1 is 1.65 bits per heavy atom. The molecule has 1 rings (SSSR count). The molecule has 0 saturated heterocycles. The van der Waals surface area contributed by atoms with Gasteiger partial charge in [-0.25, -0.2) is 0 Å². The van der Waals surface area contributed by atoms with Gasteiger partial charge in [0.1, 0.15) is 12.4 Å². The van der Waals surface area contributed by atoms with E-state index < -0.39 is 0 Å². The number of hydrogen-bond donors (Lipinski definition) is 2. The number of nitrogen functional groups attached to an aromatic ring is 1. The molecule has 1 amide bonds. The van der Waals surface area contributed by atoms with E-state index >= 15 is 0 Å². The zero-order valence-electron chi connectivity index (χ0n) is 10.0. The van der Waals surface area contributed by atoms with Crippen LogP contribution in [0, 0.1) is 0 Å². The summed E-state index contributed by atoms with van der Waals surface area (Å²) < 4.78 is 11.5. The Labute approximate surface area is 99.9 Å². The standard InChI is InChI=1S/C10H18N4O3/c1-16-7-8(17-2)5-12-10(15)6-14-4-3-9(11)13-14/h3-4,8H,5-7H2,1-2H3,(H2,11,13)(H,12,15). The molecule has 0 bridgehead atoms. The lowest BCUT2D eigenvalue weighted by Gasteiger charge is -2.14. The summed E-state index contributed by atoms with van der Waals surface area (Å²) in [5.74, 6) is 0.248. The zero-order valence-corrected chi connectivity index (χ0v) is 10.0. The summed E-state index contributed by atoms with van der Waals surface area (Å²) in [5.41, 5.74) is 5.44. The maximum Gasteiger partial charge on any atom is 0.241 e. The lowest BCUT2D eigenvalue weighted by Crippen LogP contribution is -2.37. The number of aromatic nitrogens is 2. The van der Waals surface area contributed by atoms with Gasteiger partial charge in [-0.2, -0.15) is 5.10 Å². The molecule has 1 aromatic heterocycles. The van der Waals surface area contributed by atoms with E-state index in [1.54, 1.807) is 26.5 Å². The second kappa shape index (κ2) is 6.87. The van der Waals surface area contributed by atoms with Crippen molar-refractivity contribution in [3.8, 4) is 0 Å². The topological polar surface area (TPSA) is 91.4 Å². The van der Waals surface area contributed by atoms with Crippen molar-refractivity contribution in [1.29, 1.82) is 0 Å². The van der Waals surface area contributed by atoms with Crippen LogP contribution in [0.5, 0.6) is 0 Å². The second-order valence-electron chi connectivity index (χ2n) is 3.56. The molecule has 3 N–H and O–H groups in total. The fourth-order valence-electron chi connectivity index (χ4n) is 1.29. The molecule has 17 heavy (non-hydrogen) atoms. The summed E-state index contributed by atoms with van der Waals surface area (Å²) in [6, 6.07) is 1.64. The molecule has 0 aliphatic rings. The fourth-order valence-corrected chi connectivity index (χ4v) is 1.29. The van der Waals surface area contributed by atoms with E-state index in [1.807, 2.05) is 0 Å². The third-order valence-electron chi connectivity index (χ3n) is 2.18. The van der Waals surface area contributed by atoms with Crippen LogP contribution < -0.4 is 11.1 Å². The Kier molecular flexibility index (Phi) is 5.44. The monoisotopic (exact) mass is 242 g/mol. The number of carbonyl (C=O) groups is 1. The van der Waals surface area contributed by atoms with Gasteiger partial charge in [0.2, 0.25) is 5.91 Å². The van der Waals surface area contributed by atoms with Crippen molar-refractivity contribution in [3.05, 3.63) is 12.3 Å². The predicted octanol–water partition coefficient (Wildman–Crippen LogP) is -0.757. The van der Waals surface area contributed by atoms with Crippen molar-refractivity contribution in [1.82, 2.24) is 15.1 Å². The second-order valence-corrected chi connectivity index (χ2v) is 3.56. The first-order valence-electron chi connectivity index (χ1n) is 5.23. The molecule has 0 fully saturated rings. The summed E-state index contributed by atoms with van der Waals surface area (Å²) in [4.78, 5) is 11.5. The maximum atomic E-state index is 11.5. The molecule has 96 valence electrons. The summed E-state index contributed by atoms with van der Waals surface area (Å²) >= 11 is 0. The Balaban J connectivity index is 2.29. The molecule has 0 aliphatic carbocycles. The number of nitrogens with one attached hydrogen (secondary N) is 1. The molecule has 1 aromatic rings. The van der Waals surface area contributed by atoms with Crippen molar-refractivity contribution in [2.24, 2.45) is 0 Å². The highest BCUT2D eigenvalue weighted by Crippen LogP contribution is 1.95. The van der Waals surface area contributed by atoms with Gasteiger partial charge in [0.15, 0.2) is 0 Å². The van der Waals surface area contributed by atoms with Crippen LogP contribution >= 0.6 is 0 Å². The molecule has 0 saturated carbocycles. The molecule has 7 heteroatoms. The average Bonchev–Trinajstić information content (AvgIpc) is 2.70. The highest BCUT2D eigenvalue weighted by atomic mass is 16.5. The minimum Gasteiger partial charge on any atom is -0.382 e. The molecular weight excluding hydrogens is 224 g/mol. The van der Waals surface area contributed by atoms with Crippen molar-refractivity contribution in [2.45, 2.75) is 12.6 Å². The summed E-state index contributed by atoms with van der Waals surface area (Å²) in [5, 5.41) is 6.64. The molecule has 1 atom stereocenters. The van der Waals surface area contributed by atoms with Crippen molar-refractivity contribution in [2.75, 3.05) is 33.1 Å². The van der Waals surface area contributed by atoms with Crippen LogP contribution in [-0.4, -0.2) is 49.2 Å². The highest BCUT2D eigenvalue weighted by Gasteiger charge is 2.09. The number of amides is 1. The van der Waals surface area contributed by atoms with Crippen LogP contribution in [0.15, 0.2) is 12.3 Å². The Morgan fingerprint density at radius 3 is 2.94 bits per heavy atom. The third kappa shape index (κ3) is 4.83. The van der Waals surface area contributed by atoms with E-state index in [4.69, 9.17) is 15.2 Å². The Hall–Kier alpha value is -1.60. The first-order valence-corrected chi connectivity index (χ1v) is 5.23. The molecule has 0 spiro atoms. The van der Waals surface area contributed by atoms with Gasteiger partial charge in [-0.1, -0.05) is 0 Å². The molecule has 1 unspecified atom stereocenters. The Bertz CT molecular complexity index is 353. The number of nitrogens with zero attached hydrogens (tertiary/aromatic N) is 2. The minimum atomic E-state index is -0.147.